The van der Waals surface area contributed by atoms with Crippen LogP contribution >= 0.6 is 36.7 Å². The van der Waals surface area contributed by atoms with E-state index in [1.54, 1.807) is 6.20 Å². The molecule has 0 bridgehead atoms. The van der Waals surface area contributed by atoms with Crippen LogP contribution in [-0.2, 0) is 0 Å². The summed E-state index contributed by atoms with van der Waals surface area (Å²) in [7, 11) is 0. The van der Waals surface area contributed by atoms with Crippen LogP contribution in [0.5, 0.6) is 0 Å². The van der Waals surface area contributed by atoms with Crippen LogP contribution in [0.25, 0.3) is 16.5 Å². The van der Waals surface area contributed by atoms with Gasteiger partial charge >= 0.3 is 3.93 Å². The maximum absolute atomic E-state index is 14.2. The molecule has 0 radical (unpaired) electrons. The number of H-pyrrole nitrogens is 1. The van der Waals surface area contributed by atoms with E-state index in [4.69, 9.17) is 0 Å². The Kier molecular flexibility index (Phi) is 7.82. The SMILES string of the molecule is C=IC(F)(F)C1=CC(CNc2nc(Nc3ccc4[nH]cc(C5=CCNCC5)c4c3)ncc2Br)=CC(F)C1. The van der Waals surface area contributed by atoms with E-state index < -0.39 is 30.8 Å². The average Bonchev–Trinajstić information content (AvgIpc) is 3.32. The lowest BCUT2D eigenvalue weighted by Gasteiger charge is -2.22. The van der Waals surface area contributed by atoms with E-state index in [0.29, 0.717) is 21.8 Å². The number of nitrogens with one attached hydrogen (secondary N) is 4. The summed E-state index contributed by atoms with van der Waals surface area (Å²) in [4.78, 5) is 12.2. The van der Waals surface area contributed by atoms with Crippen LogP contribution in [0, 0.1) is 0 Å². The van der Waals surface area contributed by atoms with Crippen molar-refractivity contribution in [1.82, 2.24) is 20.3 Å². The van der Waals surface area contributed by atoms with Crippen molar-refractivity contribution in [3.05, 3.63) is 70.0 Å². The van der Waals surface area contributed by atoms with Crippen LogP contribution in [0.2, 0.25) is 0 Å². The zero-order valence-electron chi connectivity index (χ0n) is 19.7. The molecule has 37 heavy (non-hydrogen) atoms. The number of halogens is 5. The molecule has 2 aromatic heterocycles. The zero-order chi connectivity index (χ0) is 26.0. The van der Waals surface area contributed by atoms with Gasteiger partial charge in [-0.1, -0.05) is 16.7 Å². The van der Waals surface area contributed by atoms with Crippen LogP contribution in [0.4, 0.5) is 30.6 Å². The van der Waals surface area contributed by atoms with Gasteiger partial charge in [0.15, 0.2) is 0 Å². The normalized spacial score (nSPS) is 18.3. The molecule has 1 aliphatic carbocycles. The largest absolute Gasteiger partial charge is 0.365 e. The van der Waals surface area contributed by atoms with Crippen molar-refractivity contribution in [3.63, 3.8) is 0 Å². The van der Waals surface area contributed by atoms with Crippen molar-refractivity contribution < 1.29 is 13.2 Å². The number of aromatic amines is 1. The minimum absolute atomic E-state index is 0.146. The highest BCUT2D eigenvalue weighted by molar-refractivity contribution is 14.2. The molecule has 1 atom stereocenters. The third kappa shape index (κ3) is 5.99. The van der Waals surface area contributed by atoms with E-state index in [0.717, 1.165) is 36.1 Å². The summed E-state index contributed by atoms with van der Waals surface area (Å²) in [5.74, 6) is 0.836. The van der Waals surface area contributed by atoms with E-state index in [-0.39, 0.29) is 18.5 Å². The number of hydrogen-bond acceptors (Lipinski definition) is 5. The Labute approximate surface area is 230 Å². The van der Waals surface area contributed by atoms with E-state index in [1.807, 2.05) is 18.3 Å². The molecule has 3 aromatic rings. The molecule has 1 aromatic carbocycles. The number of fused-ring (bicyclic) bond motifs is 1. The molecule has 0 saturated carbocycles. The summed E-state index contributed by atoms with van der Waals surface area (Å²) in [6, 6.07) is 6.02. The summed E-state index contributed by atoms with van der Waals surface area (Å²) < 4.78 is 43.4. The predicted molar refractivity (Wildman–Crippen MR) is 157 cm³/mol. The van der Waals surface area contributed by atoms with Gasteiger partial charge in [-0.2, -0.15) is 13.8 Å². The number of anilines is 3. The molecule has 0 saturated heterocycles. The second kappa shape index (κ2) is 11.1. The fourth-order valence-corrected chi connectivity index (χ4v) is 5.62. The second-order valence-corrected chi connectivity index (χ2v) is 11.7. The van der Waals surface area contributed by atoms with Gasteiger partial charge in [-0.15, -0.1) is 0 Å². The van der Waals surface area contributed by atoms with Crippen LogP contribution in [0.1, 0.15) is 18.4 Å². The molecule has 0 fully saturated rings. The summed E-state index contributed by atoms with van der Waals surface area (Å²) in [6.07, 6.45) is 7.84. The summed E-state index contributed by atoms with van der Waals surface area (Å²) in [5.41, 5.74) is 4.63. The molecule has 4 N–H and O–H groups in total. The van der Waals surface area contributed by atoms with Crippen molar-refractivity contribution in [2.24, 2.45) is 0 Å². The van der Waals surface area contributed by atoms with Crippen molar-refractivity contribution in [2.45, 2.75) is 22.9 Å². The van der Waals surface area contributed by atoms with Crippen molar-refractivity contribution in [3.8, 4) is 0 Å². The fourth-order valence-electron chi connectivity index (χ4n) is 4.42. The Bertz CT molecular complexity index is 1430. The molecular weight excluding hydrogens is 660 g/mol. The highest BCUT2D eigenvalue weighted by atomic mass is 127. The van der Waals surface area contributed by atoms with Crippen LogP contribution in [0.15, 0.2) is 64.4 Å². The van der Waals surface area contributed by atoms with E-state index >= 15 is 0 Å². The Hall–Kier alpha value is -2.51. The number of alkyl halides is 4. The lowest BCUT2D eigenvalue weighted by atomic mass is 9.98. The summed E-state index contributed by atoms with van der Waals surface area (Å²) >= 11 is 1.81. The molecule has 3 heterocycles. The lowest BCUT2D eigenvalue weighted by molar-refractivity contribution is 0.158. The monoisotopic (exact) mass is 684 g/mol. The van der Waals surface area contributed by atoms with Crippen LogP contribution in [0.3, 0.4) is 0 Å². The molecule has 11 heteroatoms. The maximum atomic E-state index is 14.2. The third-order valence-electron chi connectivity index (χ3n) is 6.25. The molecule has 5 rings (SSSR count). The molecule has 194 valence electrons. The zero-order valence-corrected chi connectivity index (χ0v) is 23.5. The predicted octanol–water partition coefficient (Wildman–Crippen LogP) is 6.84. The van der Waals surface area contributed by atoms with Gasteiger partial charge in [-0.3, -0.25) is 0 Å². The van der Waals surface area contributed by atoms with Gasteiger partial charge < -0.3 is 20.9 Å². The lowest BCUT2D eigenvalue weighted by Crippen LogP contribution is -2.20. The Balaban J connectivity index is 1.33. The van der Waals surface area contributed by atoms with Gasteiger partial charge in [0.2, 0.25) is 5.95 Å². The number of allylic oxidation sites excluding steroid dienone is 2. The number of nitrogens with zero attached hydrogens (tertiary/aromatic N) is 2. The molecule has 1 aliphatic heterocycles. The highest BCUT2D eigenvalue weighted by Crippen LogP contribution is 2.40. The van der Waals surface area contributed by atoms with Gasteiger partial charge in [0.05, 0.1) is 4.47 Å². The minimum Gasteiger partial charge on any atom is -0.365 e. The first-order valence-electron chi connectivity index (χ1n) is 11.7. The van der Waals surface area contributed by atoms with Gasteiger partial charge in [0, 0.05) is 59.6 Å². The van der Waals surface area contributed by atoms with Crippen molar-refractivity contribution in [1.29, 1.82) is 0 Å². The third-order valence-corrected chi connectivity index (χ3v) is 8.48. The standard InChI is InChI=1S/C26H25BrF3IN6/c1-31-26(29,30)17-8-15(9-18(28)10-17)12-34-24-22(27)14-35-25(37-24)36-19-2-3-23-20(11-19)21(13-33-23)16-4-6-32-7-5-16/h2-4,8-9,11,13-14,18,32-33H,1,5-7,10,12H2,(H2,34,35,36,37). The number of rotatable bonds is 8. The van der Waals surface area contributed by atoms with Crippen molar-refractivity contribution in [2.75, 3.05) is 30.3 Å². The molecule has 0 spiro atoms. The van der Waals surface area contributed by atoms with E-state index in [9.17, 15) is 13.2 Å². The fraction of sp³-hybridized carbons (Fsp3) is 0.269. The van der Waals surface area contributed by atoms with Gasteiger partial charge in [0.25, 0.3) is 0 Å². The molecule has 1 unspecified atom stereocenters. The van der Waals surface area contributed by atoms with Gasteiger partial charge in [0.1, 0.15) is 12.0 Å². The first-order chi connectivity index (χ1) is 17.8. The summed E-state index contributed by atoms with van der Waals surface area (Å²) in [6.45, 7) is 1.97. The van der Waals surface area contributed by atoms with Gasteiger partial charge in [-0.25, -0.2) is 9.37 Å². The minimum atomic E-state index is -3.01. The first kappa shape index (κ1) is 26.1. The quantitative estimate of drug-likeness (QED) is 0.154. The Morgan fingerprint density at radius 3 is 2.95 bits per heavy atom. The number of aromatic nitrogens is 3. The average molecular weight is 685 g/mol. The summed E-state index contributed by atoms with van der Waals surface area (Å²) in [5, 5.41) is 10.8. The Morgan fingerprint density at radius 1 is 1.30 bits per heavy atom. The molecule has 6 nitrogen and oxygen atoms in total. The van der Waals surface area contributed by atoms with E-state index in [2.05, 4.69) is 63.5 Å². The second-order valence-electron chi connectivity index (χ2n) is 8.78. The van der Waals surface area contributed by atoms with Crippen molar-refractivity contribution >= 4 is 75.1 Å². The maximum Gasteiger partial charge on any atom is 0.312 e. The number of benzene rings is 1. The number of hydrogen-bond donors (Lipinski definition) is 4. The topological polar surface area (TPSA) is 77.7 Å². The van der Waals surface area contributed by atoms with E-state index in [1.165, 1.54) is 23.3 Å². The smallest absolute Gasteiger partial charge is 0.312 e. The molecule has 2 aliphatic rings. The van der Waals surface area contributed by atoms with Crippen LogP contribution < -0.4 is 16.0 Å². The molecular formula is C26H25BrF3IN6. The Morgan fingerprint density at radius 2 is 2.16 bits per heavy atom. The van der Waals surface area contributed by atoms with Gasteiger partial charge in [-0.05, 0) is 85.0 Å². The highest BCUT2D eigenvalue weighted by Gasteiger charge is 2.34. The molecule has 0 amide bonds. The first-order valence-corrected chi connectivity index (χ1v) is 15.1. The van der Waals surface area contributed by atoms with Crippen LogP contribution in [-0.4, -0.2) is 49.2 Å².